The van der Waals surface area contributed by atoms with Gasteiger partial charge in [-0.05, 0) is 78.4 Å². The molecule has 0 radical (unpaired) electrons. The third kappa shape index (κ3) is 10.0. The van der Waals surface area contributed by atoms with Gasteiger partial charge in [0, 0.05) is 18.9 Å². The molecule has 4 rings (SSSR count). The average molecular weight is 729 g/mol. The number of alkyl halides is 6. The highest BCUT2D eigenvalue weighted by atomic mass is 19.4. The molecule has 7 nitrogen and oxygen atoms in total. The van der Waals surface area contributed by atoms with Crippen LogP contribution in [0.15, 0.2) is 110 Å². The van der Waals surface area contributed by atoms with E-state index in [0.29, 0.717) is 36.4 Å². The summed E-state index contributed by atoms with van der Waals surface area (Å²) < 4.78 is 108. The lowest BCUT2D eigenvalue weighted by molar-refractivity contribution is -0.288. The number of halogens is 6. The Kier molecular flexibility index (Phi) is 12.9. The summed E-state index contributed by atoms with van der Waals surface area (Å²) in [5.41, 5.74) is -4.15. The third-order valence-corrected chi connectivity index (χ3v) is 7.93. The van der Waals surface area contributed by atoms with Crippen molar-refractivity contribution in [2.75, 3.05) is 13.2 Å². The summed E-state index contributed by atoms with van der Waals surface area (Å²) in [7, 11) is 0. The number of carbonyl (C=O) groups excluding carboxylic acids is 3. The van der Waals surface area contributed by atoms with Crippen LogP contribution in [0.25, 0.3) is 0 Å². The Labute approximate surface area is 295 Å². The van der Waals surface area contributed by atoms with E-state index in [9.17, 15) is 40.7 Å². The summed E-state index contributed by atoms with van der Waals surface area (Å²) in [6, 6.07) is 20.0. The number of carbonyl (C=O) groups is 3. The van der Waals surface area contributed by atoms with E-state index in [1.807, 2.05) is 31.2 Å². The lowest BCUT2D eigenvalue weighted by Crippen LogP contribution is -2.54. The van der Waals surface area contributed by atoms with Crippen LogP contribution in [0.1, 0.15) is 40.7 Å². The van der Waals surface area contributed by atoms with Crippen molar-refractivity contribution < 1.29 is 59.7 Å². The van der Waals surface area contributed by atoms with Gasteiger partial charge in [-0.1, -0.05) is 72.8 Å². The Morgan fingerprint density at radius 2 is 1.00 bits per heavy atom. The van der Waals surface area contributed by atoms with Crippen molar-refractivity contribution in [2.45, 2.75) is 50.4 Å². The van der Waals surface area contributed by atoms with Crippen molar-refractivity contribution in [3.8, 4) is 17.2 Å². The molecule has 0 atom stereocenters. The second-order valence-corrected chi connectivity index (χ2v) is 11.6. The molecule has 0 aliphatic heterocycles. The Balaban J connectivity index is 1.40. The maximum atomic E-state index is 14.6. The minimum Gasteiger partial charge on any atom is -0.490 e. The number of rotatable bonds is 15. The smallest absolute Gasteiger partial charge is 0.411 e. The van der Waals surface area contributed by atoms with Crippen LogP contribution in [0.4, 0.5) is 26.3 Å². The molecule has 0 unspecified atom stereocenters. The van der Waals surface area contributed by atoms with E-state index in [4.69, 9.17) is 18.9 Å². The fourth-order valence-electron chi connectivity index (χ4n) is 5.25. The molecule has 0 amide bonds. The molecular formula is C39H34F6O7. The van der Waals surface area contributed by atoms with Crippen LogP contribution in [0, 0.1) is 6.92 Å². The molecule has 0 saturated heterocycles. The van der Waals surface area contributed by atoms with E-state index < -0.39 is 46.8 Å². The largest absolute Gasteiger partial charge is 0.490 e. The summed E-state index contributed by atoms with van der Waals surface area (Å²) in [6.07, 6.45) is -10.3. The summed E-state index contributed by atoms with van der Waals surface area (Å²) >= 11 is 0. The first kappa shape index (κ1) is 39.2. The van der Waals surface area contributed by atoms with Crippen molar-refractivity contribution in [2.24, 2.45) is 0 Å². The summed E-state index contributed by atoms with van der Waals surface area (Å²) in [6.45, 7) is 5.32. The molecule has 274 valence electrons. The van der Waals surface area contributed by atoms with Gasteiger partial charge in [0.05, 0.1) is 0 Å². The fourth-order valence-corrected chi connectivity index (χ4v) is 5.25. The summed E-state index contributed by atoms with van der Waals surface area (Å²) in [4.78, 5) is 35.9. The zero-order valence-electron chi connectivity index (χ0n) is 27.9. The number of hydrogen-bond donors (Lipinski definition) is 0. The van der Waals surface area contributed by atoms with Gasteiger partial charge in [0.25, 0.3) is 0 Å². The van der Waals surface area contributed by atoms with Gasteiger partial charge < -0.3 is 18.9 Å². The van der Waals surface area contributed by atoms with Gasteiger partial charge in [-0.2, -0.15) is 26.3 Å². The first-order valence-corrected chi connectivity index (χ1v) is 15.9. The van der Waals surface area contributed by atoms with Crippen molar-refractivity contribution >= 4 is 17.9 Å². The second kappa shape index (κ2) is 17.1. The van der Waals surface area contributed by atoms with Gasteiger partial charge in [-0.15, -0.1) is 0 Å². The van der Waals surface area contributed by atoms with Crippen LogP contribution in [0.5, 0.6) is 17.2 Å². The standard InChI is InChI=1S/C39H34F6O7/c1-3-34(46)50-25-24-49-31-16-8-28(9-17-31)11-23-36(48)52-33-20-14-30(15-21-33)37(38(40,41)42,39(43,44)45)29-12-18-32(19-13-29)51-35(47)22-10-27-6-4-26(2)5-7-27/h3-9,12-21H,1,10-11,22-25H2,2H3. The molecule has 13 heteroatoms. The second-order valence-electron chi connectivity index (χ2n) is 11.6. The third-order valence-electron chi connectivity index (χ3n) is 7.93. The van der Waals surface area contributed by atoms with Gasteiger partial charge in [0.1, 0.15) is 30.5 Å². The van der Waals surface area contributed by atoms with Crippen molar-refractivity contribution in [3.05, 3.63) is 138 Å². The monoisotopic (exact) mass is 728 g/mol. The predicted molar refractivity (Wildman–Crippen MR) is 178 cm³/mol. The molecule has 52 heavy (non-hydrogen) atoms. The molecule has 0 spiro atoms. The number of benzene rings is 4. The Morgan fingerprint density at radius 1 is 0.596 bits per heavy atom. The molecule has 0 aromatic heterocycles. The van der Waals surface area contributed by atoms with E-state index in [0.717, 1.165) is 47.0 Å². The van der Waals surface area contributed by atoms with Crippen LogP contribution >= 0.6 is 0 Å². The topological polar surface area (TPSA) is 88.1 Å². The lowest BCUT2D eigenvalue weighted by Gasteiger charge is -2.38. The molecule has 0 heterocycles. The first-order chi connectivity index (χ1) is 24.6. The molecule has 0 N–H and O–H groups in total. The van der Waals surface area contributed by atoms with E-state index in [1.165, 1.54) is 0 Å². The minimum atomic E-state index is -5.85. The maximum absolute atomic E-state index is 14.6. The summed E-state index contributed by atoms with van der Waals surface area (Å²) in [5.74, 6) is -2.03. The average Bonchev–Trinajstić information content (AvgIpc) is 3.10. The molecule has 4 aromatic carbocycles. The van der Waals surface area contributed by atoms with Gasteiger partial charge in [0.15, 0.2) is 0 Å². The van der Waals surface area contributed by atoms with Crippen molar-refractivity contribution in [3.63, 3.8) is 0 Å². The number of esters is 3. The Bertz CT molecular complexity index is 1800. The first-order valence-electron chi connectivity index (χ1n) is 15.9. The lowest BCUT2D eigenvalue weighted by atomic mass is 9.73. The van der Waals surface area contributed by atoms with Gasteiger partial charge in [-0.3, -0.25) is 9.59 Å². The Hall–Kier alpha value is -5.59. The van der Waals surface area contributed by atoms with E-state index in [1.54, 1.807) is 24.3 Å². The normalized spacial score (nSPS) is 11.8. The van der Waals surface area contributed by atoms with Crippen molar-refractivity contribution in [1.82, 2.24) is 0 Å². The van der Waals surface area contributed by atoms with Crippen LogP contribution in [0.2, 0.25) is 0 Å². The van der Waals surface area contributed by atoms with Gasteiger partial charge >= 0.3 is 30.3 Å². The molecular weight excluding hydrogens is 694 g/mol. The molecule has 0 bridgehead atoms. The van der Waals surface area contributed by atoms with Crippen LogP contribution < -0.4 is 14.2 Å². The van der Waals surface area contributed by atoms with Gasteiger partial charge in [-0.25, -0.2) is 4.79 Å². The number of hydrogen-bond acceptors (Lipinski definition) is 7. The molecule has 0 fully saturated rings. The quantitative estimate of drug-likeness (QED) is 0.0399. The van der Waals surface area contributed by atoms with E-state index >= 15 is 0 Å². The summed E-state index contributed by atoms with van der Waals surface area (Å²) in [5, 5.41) is 0. The highest BCUT2D eigenvalue weighted by molar-refractivity contribution is 5.81. The van der Waals surface area contributed by atoms with E-state index in [2.05, 4.69) is 6.58 Å². The maximum Gasteiger partial charge on any atom is 0.411 e. The highest BCUT2D eigenvalue weighted by Crippen LogP contribution is 2.56. The Morgan fingerprint density at radius 3 is 1.40 bits per heavy atom. The fraction of sp³-hybridized carbons (Fsp3) is 0.256. The van der Waals surface area contributed by atoms with Gasteiger partial charge in [0.2, 0.25) is 5.41 Å². The van der Waals surface area contributed by atoms with Crippen LogP contribution in [-0.2, 0) is 37.4 Å². The molecule has 0 aliphatic rings. The number of aryl methyl sites for hydroxylation is 3. The number of ether oxygens (including phenoxy) is 4. The molecule has 0 aliphatic carbocycles. The van der Waals surface area contributed by atoms with E-state index in [-0.39, 0.29) is 44.0 Å². The van der Waals surface area contributed by atoms with Crippen molar-refractivity contribution in [1.29, 1.82) is 0 Å². The molecule has 4 aromatic rings. The SMILES string of the molecule is C=CC(=O)OCCOc1ccc(CCC(=O)Oc2ccc(C(c3ccc(OC(=O)CCc4ccc(C)cc4)cc3)(C(F)(F)F)C(F)(F)F)cc2)cc1. The zero-order valence-corrected chi connectivity index (χ0v) is 27.9. The van der Waals surface area contributed by atoms with Crippen LogP contribution in [0.3, 0.4) is 0 Å². The zero-order chi connectivity index (χ0) is 37.9. The van der Waals surface area contributed by atoms with Crippen LogP contribution in [-0.4, -0.2) is 43.5 Å². The molecule has 0 saturated carbocycles. The highest BCUT2D eigenvalue weighted by Gasteiger charge is 2.72. The minimum absolute atomic E-state index is 0.0224. The predicted octanol–water partition coefficient (Wildman–Crippen LogP) is 8.59.